The van der Waals surface area contributed by atoms with E-state index in [9.17, 15) is 14.9 Å². The van der Waals surface area contributed by atoms with Crippen molar-refractivity contribution in [2.45, 2.75) is 13.5 Å². The zero-order chi connectivity index (χ0) is 15.4. The summed E-state index contributed by atoms with van der Waals surface area (Å²) in [5.41, 5.74) is 3.29. The summed E-state index contributed by atoms with van der Waals surface area (Å²) in [6.07, 6.45) is 0. The van der Waals surface area contributed by atoms with Gasteiger partial charge in [-0.05, 0) is 19.1 Å². The Morgan fingerprint density at radius 1 is 1.52 bits per heavy atom. The van der Waals surface area contributed by atoms with Crippen LogP contribution in [0.25, 0.3) is 0 Å². The van der Waals surface area contributed by atoms with Crippen molar-refractivity contribution in [3.8, 4) is 0 Å². The number of amides is 1. The molecule has 1 aromatic carbocycles. The number of nitrogen functional groups attached to an aromatic ring is 1. The highest BCUT2D eigenvalue weighted by atomic mass is 32.1. The molecule has 1 aromatic heterocycles. The summed E-state index contributed by atoms with van der Waals surface area (Å²) in [5, 5.41) is 16.2. The Labute approximate surface area is 124 Å². The summed E-state index contributed by atoms with van der Waals surface area (Å²) < 4.78 is 0. The molecule has 0 spiro atoms. The monoisotopic (exact) mass is 307 g/mol. The lowest BCUT2D eigenvalue weighted by Gasteiger charge is -2.06. The fraction of sp³-hybridized carbons (Fsp3) is 0.167. The number of anilines is 1. The number of thiazole rings is 1. The van der Waals surface area contributed by atoms with Crippen molar-refractivity contribution in [3.63, 3.8) is 0 Å². The molecule has 0 saturated carbocycles. The van der Waals surface area contributed by atoms with Crippen molar-refractivity contribution in [2.24, 2.45) is 5.84 Å². The van der Waals surface area contributed by atoms with Gasteiger partial charge in [0, 0.05) is 22.7 Å². The fourth-order valence-corrected chi connectivity index (χ4v) is 2.41. The molecule has 8 nitrogen and oxygen atoms in total. The molecule has 2 aromatic rings. The van der Waals surface area contributed by atoms with Gasteiger partial charge >= 0.3 is 0 Å². The van der Waals surface area contributed by atoms with Crippen LogP contribution in [0.3, 0.4) is 0 Å². The molecule has 21 heavy (non-hydrogen) atoms. The van der Waals surface area contributed by atoms with Gasteiger partial charge in [-0.1, -0.05) is 0 Å². The van der Waals surface area contributed by atoms with Gasteiger partial charge in [-0.3, -0.25) is 20.8 Å². The Hall–Kier alpha value is -2.52. The number of carbonyl (C=O) groups excluding carboxylic acids is 1. The van der Waals surface area contributed by atoms with E-state index in [0.717, 1.165) is 10.7 Å². The van der Waals surface area contributed by atoms with E-state index in [1.165, 1.54) is 29.5 Å². The van der Waals surface area contributed by atoms with Crippen LogP contribution in [0, 0.1) is 17.0 Å². The second kappa shape index (κ2) is 6.29. The molecule has 0 atom stereocenters. The van der Waals surface area contributed by atoms with E-state index in [1.54, 1.807) is 0 Å². The number of hydrogen-bond donors (Lipinski definition) is 3. The highest BCUT2D eigenvalue weighted by molar-refractivity contribution is 7.09. The van der Waals surface area contributed by atoms with Gasteiger partial charge in [-0.25, -0.2) is 4.98 Å². The topological polar surface area (TPSA) is 123 Å². The molecule has 110 valence electrons. The molecule has 0 saturated heterocycles. The minimum Gasteiger partial charge on any atom is -0.346 e. The van der Waals surface area contributed by atoms with Crippen molar-refractivity contribution in [2.75, 3.05) is 5.43 Å². The number of nitro benzene ring substituents is 1. The van der Waals surface area contributed by atoms with Crippen molar-refractivity contribution >= 4 is 28.6 Å². The van der Waals surface area contributed by atoms with Crippen LogP contribution in [0.1, 0.15) is 21.1 Å². The van der Waals surface area contributed by atoms with Crippen LogP contribution >= 0.6 is 11.3 Å². The summed E-state index contributed by atoms with van der Waals surface area (Å²) in [6, 6.07) is 3.94. The number of hydrogen-bond acceptors (Lipinski definition) is 7. The zero-order valence-corrected chi connectivity index (χ0v) is 11.9. The minimum absolute atomic E-state index is 0.0812. The maximum absolute atomic E-state index is 12.0. The zero-order valence-electron chi connectivity index (χ0n) is 11.1. The second-order valence-corrected chi connectivity index (χ2v) is 5.14. The molecule has 0 unspecified atom stereocenters. The van der Waals surface area contributed by atoms with Crippen LogP contribution in [0.4, 0.5) is 11.4 Å². The van der Waals surface area contributed by atoms with Crippen molar-refractivity contribution in [3.05, 3.63) is 50.0 Å². The maximum atomic E-state index is 12.0. The lowest BCUT2D eigenvalue weighted by Crippen LogP contribution is -2.23. The van der Waals surface area contributed by atoms with E-state index in [2.05, 4.69) is 15.7 Å². The number of aromatic nitrogens is 1. The quantitative estimate of drug-likeness (QED) is 0.438. The molecule has 0 aliphatic rings. The number of rotatable bonds is 5. The molecule has 0 bridgehead atoms. The molecule has 9 heteroatoms. The van der Waals surface area contributed by atoms with Crippen LogP contribution in [0.5, 0.6) is 0 Å². The summed E-state index contributed by atoms with van der Waals surface area (Å²) in [5.74, 6) is 4.88. The number of aryl methyl sites for hydroxylation is 1. The standard InChI is InChI=1S/C12H13N5O3S/c1-7-6-21-11(15-7)5-14-12(18)8-2-3-10(17(19)20)9(4-8)16-13/h2-4,6,16H,5,13H2,1H3,(H,14,18). The summed E-state index contributed by atoms with van der Waals surface area (Å²) in [7, 11) is 0. The van der Waals surface area contributed by atoms with Crippen LogP contribution in [0.15, 0.2) is 23.6 Å². The van der Waals surface area contributed by atoms with Gasteiger partial charge < -0.3 is 10.7 Å². The molecule has 0 aliphatic heterocycles. The Kier molecular flexibility index (Phi) is 4.45. The van der Waals surface area contributed by atoms with E-state index >= 15 is 0 Å². The van der Waals surface area contributed by atoms with E-state index < -0.39 is 4.92 Å². The summed E-state index contributed by atoms with van der Waals surface area (Å²) in [4.78, 5) is 26.4. The smallest absolute Gasteiger partial charge is 0.293 e. The predicted molar refractivity (Wildman–Crippen MR) is 78.9 cm³/mol. The maximum Gasteiger partial charge on any atom is 0.293 e. The van der Waals surface area contributed by atoms with Gasteiger partial charge in [0.05, 0.1) is 11.5 Å². The molecule has 2 rings (SSSR count). The van der Waals surface area contributed by atoms with Crippen molar-refractivity contribution < 1.29 is 9.72 Å². The van der Waals surface area contributed by atoms with Crippen molar-refractivity contribution in [1.29, 1.82) is 0 Å². The second-order valence-electron chi connectivity index (χ2n) is 4.20. The Bertz CT molecular complexity index is 685. The third-order valence-corrected chi connectivity index (χ3v) is 3.64. The number of carbonyl (C=O) groups is 1. The first-order valence-corrected chi connectivity index (χ1v) is 6.83. The Morgan fingerprint density at radius 2 is 2.29 bits per heavy atom. The molecule has 0 fully saturated rings. The SMILES string of the molecule is Cc1csc(CNC(=O)c2ccc([N+](=O)[O-])c(NN)c2)n1. The van der Waals surface area contributed by atoms with E-state index in [1.807, 2.05) is 12.3 Å². The van der Waals surface area contributed by atoms with E-state index in [4.69, 9.17) is 5.84 Å². The normalized spacial score (nSPS) is 10.2. The molecule has 1 amide bonds. The van der Waals surface area contributed by atoms with Gasteiger partial charge in [-0.15, -0.1) is 11.3 Å². The number of hydrazine groups is 1. The lowest BCUT2D eigenvalue weighted by molar-refractivity contribution is -0.384. The average molecular weight is 307 g/mol. The van der Waals surface area contributed by atoms with Gasteiger partial charge in [0.25, 0.3) is 11.6 Å². The van der Waals surface area contributed by atoms with Crippen LogP contribution in [0.2, 0.25) is 0 Å². The van der Waals surface area contributed by atoms with Crippen LogP contribution in [-0.2, 0) is 6.54 Å². The van der Waals surface area contributed by atoms with Crippen LogP contribution in [-0.4, -0.2) is 15.8 Å². The highest BCUT2D eigenvalue weighted by Crippen LogP contribution is 2.24. The van der Waals surface area contributed by atoms with Crippen molar-refractivity contribution in [1.82, 2.24) is 10.3 Å². The third-order valence-electron chi connectivity index (χ3n) is 2.68. The number of benzene rings is 1. The van der Waals surface area contributed by atoms with Gasteiger partial charge in [0.2, 0.25) is 0 Å². The average Bonchev–Trinajstić information content (AvgIpc) is 2.89. The molecule has 0 radical (unpaired) electrons. The van der Waals surface area contributed by atoms with E-state index in [-0.39, 0.29) is 22.8 Å². The molecular formula is C12H13N5O3S. The third kappa shape index (κ3) is 3.52. The lowest BCUT2D eigenvalue weighted by atomic mass is 10.1. The molecule has 1 heterocycles. The Morgan fingerprint density at radius 3 is 2.86 bits per heavy atom. The van der Waals surface area contributed by atoms with Crippen LogP contribution < -0.4 is 16.6 Å². The number of nitrogens with one attached hydrogen (secondary N) is 2. The summed E-state index contributed by atoms with van der Waals surface area (Å²) in [6.45, 7) is 2.18. The number of nitro groups is 1. The van der Waals surface area contributed by atoms with Gasteiger partial charge in [0.15, 0.2) is 0 Å². The largest absolute Gasteiger partial charge is 0.346 e. The highest BCUT2D eigenvalue weighted by Gasteiger charge is 2.16. The first kappa shape index (κ1) is 14.9. The van der Waals surface area contributed by atoms with Gasteiger partial charge in [-0.2, -0.15) is 0 Å². The summed E-state index contributed by atoms with van der Waals surface area (Å²) >= 11 is 1.45. The Balaban J connectivity index is 2.10. The van der Waals surface area contributed by atoms with E-state index in [0.29, 0.717) is 6.54 Å². The van der Waals surface area contributed by atoms with Gasteiger partial charge in [0.1, 0.15) is 10.7 Å². The fourth-order valence-electron chi connectivity index (χ4n) is 1.69. The number of nitrogens with two attached hydrogens (primary N) is 1. The molecule has 4 N–H and O–H groups in total. The minimum atomic E-state index is -0.574. The molecular weight excluding hydrogens is 294 g/mol. The molecule has 0 aliphatic carbocycles. The number of nitrogens with zero attached hydrogens (tertiary/aromatic N) is 2. The first-order chi connectivity index (χ1) is 10.0. The first-order valence-electron chi connectivity index (χ1n) is 5.95. The predicted octanol–water partition coefficient (Wildman–Crippen LogP) is 1.58.